The van der Waals surface area contributed by atoms with Crippen molar-refractivity contribution in [1.82, 2.24) is 29.5 Å². The van der Waals surface area contributed by atoms with Gasteiger partial charge in [-0.3, -0.25) is 4.90 Å². The summed E-state index contributed by atoms with van der Waals surface area (Å²) in [5.41, 5.74) is 6.83. The maximum absolute atomic E-state index is 12.0. The molecule has 260 valence electrons. The fourth-order valence-corrected chi connectivity index (χ4v) is 8.53. The molecule has 0 bridgehead atoms. The first-order chi connectivity index (χ1) is 23.8. The van der Waals surface area contributed by atoms with Gasteiger partial charge in [0.1, 0.15) is 12.4 Å². The Morgan fingerprint density at radius 1 is 1.10 bits per heavy atom. The number of anilines is 2. The summed E-state index contributed by atoms with van der Waals surface area (Å²) in [6, 6.07) is 4.39. The van der Waals surface area contributed by atoms with Crippen molar-refractivity contribution in [3.05, 3.63) is 34.6 Å². The van der Waals surface area contributed by atoms with Crippen LogP contribution in [-0.2, 0) is 17.7 Å². The Morgan fingerprint density at radius 2 is 1.94 bits per heavy atom. The number of piperazine rings is 1. The number of aryl methyl sites for hydroxylation is 1. The van der Waals surface area contributed by atoms with Crippen LogP contribution < -0.4 is 14.5 Å². The third-order valence-electron chi connectivity index (χ3n) is 11.6. The van der Waals surface area contributed by atoms with Gasteiger partial charge in [-0.15, -0.1) is 0 Å². The number of likely N-dealkylation sites (tertiary alicyclic amines) is 1. The highest BCUT2D eigenvalue weighted by molar-refractivity contribution is 5.95. The fraction of sp³-hybridized carbons (Fsp3) is 0.639. The Bertz CT molecular complexity index is 1770. The van der Waals surface area contributed by atoms with E-state index in [2.05, 4.69) is 45.4 Å². The van der Waals surface area contributed by atoms with Crippen LogP contribution in [-0.4, -0.2) is 105 Å². The normalized spacial score (nSPS) is 23.8. The first kappa shape index (κ1) is 32.1. The van der Waals surface area contributed by atoms with Gasteiger partial charge in [0.15, 0.2) is 6.23 Å². The Hall–Kier alpha value is -4.15. The minimum atomic E-state index is -0.987. The molecule has 13 heteroatoms. The minimum absolute atomic E-state index is 0.0416. The molecular weight excluding hydrogens is 622 g/mol. The lowest BCUT2D eigenvalue weighted by Gasteiger charge is -2.41. The van der Waals surface area contributed by atoms with Crippen LogP contribution in [0.15, 0.2) is 12.3 Å². The number of fused-ring (bicyclic) bond motifs is 2. The van der Waals surface area contributed by atoms with Gasteiger partial charge in [-0.1, -0.05) is 0 Å². The number of carboxylic acid groups (broad SMARTS) is 1. The maximum atomic E-state index is 12.0. The van der Waals surface area contributed by atoms with Crippen LogP contribution in [0.5, 0.6) is 6.01 Å². The summed E-state index contributed by atoms with van der Waals surface area (Å²) in [5, 5.41) is 25.3. The van der Waals surface area contributed by atoms with Crippen molar-refractivity contribution in [2.75, 3.05) is 62.3 Å². The molecule has 2 aromatic heterocycles. The molecule has 1 saturated carbocycles. The quantitative estimate of drug-likeness (QED) is 0.355. The molecular formula is C36H47N9O4. The second-order valence-electron chi connectivity index (χ2n) is 14.6. The zero-order valence-corrected chi connectivity index (χ0v) is 28.7. The Kier molecular flexibility index (Phi) is 8.48. The molecule has 49 heavy (non-hydrogen) atoms. The Labute approximate surface area is 287 Å². The van der Waals surface area contributed by atoms with Crippen molar-refractivity contribution >= 4 is 28.5 Å². The van der Waals surface area contributed by atoms with Gasteiger partial charge in [0.25, 0.3) is 0 Å². The van der Waals surface area contributed by atoms with E-state index in [4.69, 9.17) is 24.5 Å². The molecule has 1 aliphatic carbocycles. The molecule has 8 rings (SSSR count). The van der Waals surface area contributed by atoms with Gasteiger partial charge in [0.05, 0.1) is 53.7 Å². The molecule has 1 unspecified atom stereocenters. The number of carbonyl (C=O) groups is 1. The van der Waals surface area contributed by atoms with Gasteiger partial charge < -0.3 is 29.3 Å². The van der Waals surface area contributed by atoms with Crippen molar-refractivity contribution in [2.45, 2.75) is 96.0 Å². The summed E-state index contributed by atoms with van der Waals surface area (Å²) < 4.78 is 14.7. The molecule has 0 spiro atoms. The van der Waals surface area contributed by atoms with Crippen LogP contribution in [0.3, 0.4) is 0 Å². The number of hydrogen-bond acceptors (Lipinski definition) is 10. The monoisotopic (exact) mass is 669 g/mol. The maximum Gasteiger partial charge on any atom is 0.407 e. The molecule has 5 aliphatic rings. The van der Waals surface area contributed by atoms with Gasteiger partial charge >= 0.3 is 12.1 Å². The summed E-state index contributed by atoms with van der Waals surface area (Å²) in [4.78, 5) is 30.7. The lowest BCUT2D eigenvalue weighted by atomic mass is 9.99. The second kappa shape index (κ2) is 12.9. The average Bonchev–Trinajstić information content (AvgIpc) is 3.47. The Balaban J connectivity index is 1.13. The first-order valence-corrected chi connectivity index (χ1v) is 18.1. The van der Waals surface area contributed by atoms with E-state index in [1.165, 1.54) is 34.6 Å². The summed E-state index contributed by atoms with van der Waals surface area (Å²) in [7, 11) is 0. The number of amides is 1. The van der Waals surface area contributed by atoms with Gasteiger partial charge in [0.2, 0.25) is 0 Å². The largest absolute Gasteiger partial charge is 0.465 e. The van der Waals surface area contributed by atoms with E-state index in [0.717, 1.165) is 92.7 Å². The molecule has 6 heterocycles. The van der Waals surface area contributed by atoms with E-state index >= 15 is 0 Å². The standard InChI is InChI=1S/C36H47N9O4/c1-24-19-30-28(20-38-45(30)31-7-3-6-18-48-31)32(25(24)2)41-15-9-27-29(22-41)39-34(49-23-36(10-11-36)43-13-4-5-14-43)40-33(27)42-16-17-44(35(46)47)26(21-42)8-12-37/h19-20,26,31H,3-11,13-18,21-23H2,1-2H3,(H,46,47)/t26-,31?/m0/s1. The predicted octanol–water partition coefficient (Wildman–Crippen LogP) is 4.79. The zero-order chi connectivity index (χ0) is 33.7. The average molecular weight is 670 g/mol. The van der Waals surface area contributed by atoms with Gasteiger partial charge in [0, 0.05) is 43.7 Å². The molecule has 3 saturated heterocycles. The summed E-state index contributed by atoms with van der Waals surface area (Å²) in [6.07, 6.45) is 9.77. The first-order valence-electron chi connectivity index (χ1n) is 18.1. The van der Waals surface area contributed by atoms with Crippen LogP contribution in [0, 0.1) is 25.2 Å². The molecule has 4 fully saturated rings. The molecule has 4 aliphatic heterocycles. The SMILES string of the molecule is Cc1cc2c(cnn2C2CCCCO2)c(N2CCc3c(nc(OCC4(N5CCCC5)CC4)nc3N3CCN(C(=O)O)[C@@H](CC#N)C3)C2)c1C. The number of rotatable bonds is 8. The highest BCUT2D eigenvalue weighted by atomic mass is 16.5. The smallest absolute Gasteiger partial charge is 0.407 e. The van der Waals surface area contributed by atoms with Crippen LogP contribution in [0.4, 0.5) is 16.3 Å². The predicted molar refractivity (Wildman–Crippen MR) is 184 cm³/mol. The minimum Gasteiger partial charge on any atom is -0.465 e. The zero-order valence-electron chi connectivity index (χ0n) is 28.7. The molecule has 1 N–H and O–H groups in total. The van der Waals surface area contributed by atoms with E-state index in [1.54, 1.807) is 0 Å². The van der Waals surface area contributed by atoms with Crippen molar-refractivity contribution < 1.29 is 19.4 Å². The van der Waals surface area contributed by atoms with Crippen molar-refractivity contribution in [3.63, 3.8) is 0 Å². The van der Waals surface area contributed by atoms with Crippen molar-refractivity contribution in [2.24, 2.45) is 0 Å². The number of aromatic nitrogens is 4. The number of ether oxygens (including phenoxy) is 2. The highest BCUT2D eigenvalue weighted by Crippen LogP contribution is 2.44. The number of nitrogens with zero attached hydrogens (tertiary/aromatic N) is 9. The summed E-state index contributed by atoms with van der Waals surface area (Å²) in [6.45, 7) is 10.5. The van der Waals surface area contributed by atoms with Crippen LogP contribution >= 0.6 is 0 Å². The molecule has 2 atom stereocenters. The molecule has 1 aromatic carbocycles. The Morgan fingerprint density at radius 3 is 2.67 bits per heavy atom. The summed E-state index contributed by atoms with van der Waals surface area (Å²) in [5.74, 6) is 0.812. The topological polar surface area (TPSA) is 136 Å². The van der Waals surface area contributed by atoms with E-state index in [0.29, 0.717) is 38.8 Å². The fourth-order valence-electron chi connectivity index (χ4n) is 8.53. The van der Waals surface area contributed by atoms with Crippen LogP contribution in [0.25, 0.3) is 10.9 Å². The second-order valence-corrected chi connectivity index (χ2v) is 14.6. The van der Waals surface area contributed by atoms with Gasteiger partial charge in [-0.05, 0) is 95.5 Å². The van der Waals surface area contributed by atoms with Crippen LogP contribution in [0.2, 0.25) is 0 Å². The number of nitriles is 1. The number of hydrogen-bond donors (Lipinski definition) is 1. The molecule has 0 radical (unpaired) electrons. The molecule has 1 amide bonds. The van der Waals surface area contributed by atoms with Gasteiger partial charge in [-0.25, -0.2) is 9.48 Å². The molecule has 3 aromatic rings. The van der Waals surface area contributed by atoms with Crippen LogP contribution in [0.1, 0.15) is 80.0 Å². The molecule has 13 nitrogen and oxygen atoms in total. The lowest BCUT2D eigenvalue weighted by molar-refractivity contribution is -0.0366. The van der Waals surface area contributed by atoms with E-state index < -0.39 is 12.1 Å². The summed E-state index contributed by atoms with van der Waals surface area (Å²) >= 11 is 0. The highest BCUT2D eigenvalue weighted by Gasteiger charge is 2.49. The van der Waals surface area contributed by atoms with E-state index in [9.17, 15) is 15.2 Å². The van der Waals surface area contributed by atoms with E-state index in [1.807, 2.05) is 6.20 Å². The van der Waals surface area contributed by atoms with E-state index in [-0.39, 0.29) is 18.2 Å². The van der Waals surface area contributed by atoms with Crippen molar-refractivity contribution in [1.29, 1.82) is 5.26 Å². The lowest BCUT2D eigenvalue weighted by Crippen LogP contribution is -2.55. The third kappa shape index (κ3) is 5.93. The van der Waals surface area contributed by atoms with Crippen molar-refractivity contribution in [3.8, 4) is 12.1 Å². The van der Waals surface area contributed by atoms with Gasteiger partial charge in [-0.2, -0.15) is 20.3 Å². The number of benzene rings is 1. The third-order valence-corrected chi connectivity index (χ3v) is 11.6.